The Kier molecular flexibility index (Phi) is 9.78. The van der Waals surface area contributed by atoms with Crippen molar-refractivity contribution in [3.8, 4) is 0 Å². The Morgan fingerprint density at radius 3 is 1.61 bits per heavy atom. The van der Waals surface area contributed by atoms with Crippen LogP contribution in [0.4, 0.5) is 13.2 Å². The second-order valence-corrected chi connectivity index (χ2v) is 10.5. The molecule has 1 aromatic rings. The molecule has 3 rings (SSSR count). The lowest BCUT2D eigenvalue weighted by Gasteiger charge is -2.38. The molecule has 0 aromatic heterocycles. The highest BCUT2D eigenvalue weighted by molar-refractivity contribution is 5.24. The second kappa shape index (κ2) is 12.3. The topological polar surface area (TPSA) is 0 Å². The molecule has 1 aromatic carbocycles. The number of hydrogen-bond acceptors (Lipinski definition) is 0. The average Bonchev–Trinajstić information content (AvgIpc) is 2.78. The molecule has 0 saturated heterocycles. The predicted octanol–water partition coefficient (Wildman–Crippen LogP) is 9.61. The van der Waals surface area contributed by atoms with Crippen LogP contribution in [-0.2, 0) is 12.6 Å². The summed E-state index contributed by atoms with van der Waals surface area (Å²) in [4.78, 5) is 0. The number of unbranched alkanes of at least 4 members (excludes halogenated alkanes) is 3. The molecule has 0 amide bonds. The smallest absolute Gasteiger partial charge is 0.166 e. The first-order chi connectivity index (χ1) is 15.0. The Bertz CT molecular complexity index is 602. The summed E-state index contributed by atoms with van der Waals surface area (Å²) in [6, 6.07) is 5.73. The minimum absolute atomic E-state index is 0.544. The summed E-state index contributed by atoms with van der Waals surface area (Å²) < 4.78 is 38.0. The van der Waals surface area contributed by atoms with Crippen molar-refractivity contribution in [3.63, 3.8) is 0 Å². The van der Waals surface area contributed by atoms with E-state index in [1.807, 2.05) is 0 Å². The van der Waals surface area contributed by atoms with Gasteiger partial charge >= 0.3 is 6.18 Å². The highest BCUT2D eigenvalue weighted by Gasteiger charge is 2.31. The summed E-state index contributed by atoms with van der Waals surface area (Å²) in [7, 11) is 0. The quantitative estimate of drug-likeness (QED) is 0.320. The van der Waals surface area contributed by atoms with Crippen LogP contribution in [-0.4, -0.2) is 0 Å². The fourth-order valence-corrected chi connectivity index (χ4v) is 6.20. The Hall–Kier alpha value is -0.990. The van der Waals surface area contributed by atoms with Gasteiger partial charge in [-0.15, -0.1) is 0 Å². The van der Waals surface area contributed by atoms with E-state index in [-0.39, 0.29) is 0 Å². The molecule has 0 unspecified atom stereocenters. The van der Waals surface area contributed by atoms with Gasteiger partial charge < -0.3 is 0 Å². The van der Waals surface area contributed by atoms with Crippen molar-refractivity contribution < 1.29 is 13.2 Å². The third-order valence-electron chi connectivity index (χ3n) is 8.27. The molecular formula is C28H43F3. The highest BCUT2D eigenvalue weighted by Crippen LogP contribution is 2.43. The molecule has 0 N–H and O–H groups in total. The van der Waals surface area contributed by atoms with Gasteiger partial charge in [-0.3, -0.25) is 0 Å². The number of alkyl halides is 3. The van der Waals surface area contributed by atoms with Gasteiger partial charge in [-0.25, -0.2) is 0 Å². The lowest BCUT2D eigenvalue weighted by Crippen LogP contribution is -2.25. The second-order valence-electron chi connectivity index (χ2n) is 10.5. The Labute approximate surface area is 188 Å². The van der Waals surface area contributed by atoms with Gasteiger partial charge in [0.25, 0.3) is 0 Å². The van der Waals surface area contributed by atoms with Crippen molar-refractivity contribution in [2.24, 2.45) is 23.7 Å². The van der Waals surface area contributed by atoms with Crippen LogP contribution in [0.25, 0.3) is 0 Å². The number of aryl methyl sites for hydroxylation is 1. The van der Waals surface area contributed by atoms with E-state index in [1.54, 1.807) is 12.1 Å². The SMILES string of the molecule is CCCCCC1CCC(C2CCC(CCCCc3ccc(C(F)(F)F)cc3)CC2)CC1. The van der Waals surface area contributed by atoms with Crippen LogP contribution in [0.3, 0.4) is 0 Å². The van der Waals surface area contributed by atoms with Gasteiger partial charge in [-0.05, 0) is 79.9 Å². The van der Waals surface area contributed by atoms with Crippen LogP contribution in [0.15, 0.2) is 24.3 Å². The van der Waals surface area contributed by atoms with Crippen LogP contribution in [0.2, 0.25) is 0 Å². The first kappa shape index (κ1) is 24.6. The van der Waals surface area contributed by atoms with Crippen LogP contribution in [0, 0.1) is 23.7 Å². The van der Waals surface area contributed by atoms with Gasteiger partial charge in [-0.2, -0.15) is 13.2 Å². The fraction of sp³-hybridized carbons (Fsp3) is 0.786. The first-order valence-electron chi connectivity index (χ1n) is 13.1. The molecule has 3 heteroatoms. The number of benzene rings is 1. The third-order valence-corrected chi connectivity index (χ3v) is 8.27. The maximum atomic E-state index is 12.7. The molecule has 0 heterocycles. The standard InChI is InChI=1S/C28H43F3/c1-2-3-4-7-22-10-16-25(17-11-22)26-18-12-23(13-19-26)8-5-6-9-24-14-20-27(21-15-24)28(29,30)31/h14-15,20-23,25-26H,2-13,16-19H2,1H3. The minimum atomic E-state index is -4.23. The summed E-state index contributed by atoms with van der Waals surface area (Å²) in [5, 5.41) is 0. The van der Waals surface area contributed by atoms with E-state index in [9.17, 15) is 13.2 Å². The van der Waals surface area contributed by atoms with Crippen molar-refractivity contribution in [1.29, 1.82) is 0 Å². The van der Waals surface area contributed by atoms with Crippen molar-refractivity contribution >= 4 is 0 Å². The van der Waals surface area contributed by atoms with Gasteiger partial charge in [-0.1, -0.05) is 83.3 Å². The number of hydrogen-bond donors (Lipinski definition) is 0. The Balaban J connectivity index is 1.26. The van der Waals surface area contributed by atoms with E-state index < -0.39 is 11.7 Å². The van der Waals surface area contributed by atoms with Gasteiger partial charge in [0.1, 0.15) is 0 Å². The zero-order valence-corrected chi connectivity index (χ0v) is 19.6. The van der Waals surface area contributed by atoms with Gasteiger partial charge in [0, 0.05) is 0 Å². The molecule has 2 aliphatic rings. The molecule has 0 spiro atoms. The molecule has 31 heavy (non-hydrogen) atoms. The minimum Gasteiger partial charge on any atom is -0.166 e. The molecule has 0 aliphatic heterocycles. The summed E-state index contributed by atoms with van der Waals surface area (Å²) in [6.45, 7) is 2.30. The molecule has 0 radical (unpaired) electrons. The van der Waals surface area contributed by atoms with Crippen LogP contribution in [0.1, 0.15) is 114 Å². The van der Waals surface area contributed by atoms with Crippen molar-refractivity contribution in [2.45, 2.75) is 116 Å². The van der Waals surface area contributed by atoms with E-state index in [0.29, 0.717) is 0 Å². The monoisotopic (exact) mass is 436 g/mol. The number of rotatable bonds is 10. The number of halogens is 3. The maximum Gasteiger partial charge on any atom is 0.416 e. The molecular weight excluding hydrogens is 393 g/mol. The van der Waals surface area contributed by atoms with E-state index in [1.165, 1.54) is 102 Å². The summed E-state index contributed by atoms with van der Waals surface area (Å²) in [6.07, 6.45) is 17.6. The van der Waals surface area contributed by atoms with E-state index in [2.05, 4.69) is 6.92 Å². The van der Waals surface area contributed by atoms with Crippen LogP contribution < -0.4 is 0 Å². The van der Waals surface area contributed by atoms with Crippen LogP contribution in [0.5, 0.6) is 0 Å². The Morgan fingerprint density at radius 1 is 0.677 bits per heavy atom. The van der Waals surface area contributed by atoms with Gasteiger partial charge in [0.15, 0.2) is 0 Å². The summed E-state index contributed by atoms with van der Waals surface area (Å²) >= 11 is 0. The highest BCUT2D eigenvalue weighted by atomic mass is 19.4. The van der Waals surface area contributed by atoms with E-state index >= 15 is 0 Å². The molecule has 2 saturated carbocycles. The molecule has 2 aliphatic carbocycles. The molecule has 0 nitrogen and oxygen atoms in total. The van der Waals surface area contributed by atoms with Crippen molar-refractivity contribution in [3.05, 3.63) is 35.4 Å². The third kappa shape index (κ3) is 8.13. The van der Waals surface area contributed by atoms with Crippen molar-refractivity contribution in [2.75, 3.05) is 0 Å². The zero-order valence-electron chi connectivity index (χ0n) is 19.6. The van der Waals surface area contributed by atoms with Gasteiger partial charge in [0.2, 0.25) is 0 Å². The molecule has 176 valence electrons. The summed E-state index contributed by atoms with van der Waals surface area (Å²) in [5.74, 6) is 3.89. The summed E-state index contributed by atoms with van der Waals surface area (Å²) in [5.41, 5.74) is 0.486. The van der Waals surface area contributed by atoms with Crippen molar-refractivity contribution in [1.82, 2.24) is 0 Å². The molecule has 0 atom stereocenters. The lowest BCUT2D eigenvalue weighted by molar-refractivity contribution is -0.137. The first-order valence-corrected chi connectivity index (χ1v) is 13.1. The average molecular weight is 437 g/mol. The Morgan fingerprint density at radius 2 is 1.16 bits per heavy atom. The molecule has 0 bridgehead atoms. The zero-order chi connectivity index (χ0) is 22.1. The fourth-order valence-electron chi connectivity index (χ4n) is 6.20. The predicted molar refractivity (Wildman–Crippen MR) is 124 cm³/mol. The van der Waals surface area contributed by atoms with E-state index in [4.69, 9.17) is 0 Å². The molecule has 2 fully saturated rings. The lowest BCUT2D eigenvalue weighted by atomic mass is 9.68. The maximum absolute atomic E-state index is 12.7. The van der Waals surface area contributed by atoms with Gasteiger partial charge in [0.05, 0.1) is 5.56 Å². The van der Waals surface area contributed by atoms with Crippen LogP contribution >= 0.6 is 0 Å². The largest absolute Gasteiger partial charge is 0.416 e. The normalized spacial score (nSPS) is 27.4. The van der Waals surface area contributed by atoms with E-state index in [0.717, 1.165) is 42.1 Å².